The molecule has 1 amide bonds. The normalized spacial score (nSPS) is 25.0. The van der Waals surface area contributed by atoms with Crippen LogP contribution in [0.2, 0.25) is 0 Å². The smallest absolute Gasteiger partial charge is 0.254 e. The average Bonchev–Trinajstić information content (AvgIpc) is 2.59. The predicted molar refractivity (Wildman–Crippen MR) is 96.4 cm³/mol. The summed E-state index contributed by atoms with van der Waals surface area (Å²) in [6, 6.07) is 6.43. The molecule has 1 atom stereocenters. The number of morpholine rings is 1. The van der Waals surface area contributed by atoms with E-state index in [9.17, 15) is 18.4 Å². The van der Waals surface area contributed by atoms with Crippen LogP contribution in [0.4, 0.5) is 8.78 Å². The van der Waals surface area contributed by atoms with Crippen LogP contribution in [0.15, 0.2) is 36.0 Å². The van der Waals surface area contributed by atoms with Crippen molar-refractivity contribution in [1.82, 2.24) is 4.90 Å². The number of ether oxygens (including phenoxy) is 1. The van der Waals surface area contributed by atoms with Gasteiger partial charge in [-0.2, -0.15) is 0 Å². The van der Waals surface area contributed by atoms with Gasteiger partial charge in [0, 0.05) is 23.9 Å². The van der Waals surface area contributed by atoms with E-state index < -0.39 is 23.9 Å². The molecule has 2 aliphatic rings. The molecule has 1 heterocycles. The van der Waals surface area contributed by atoms with Crippen LogP contribution in [0.5, 0.6) is 0 Å². The van der Waals surface area contributed by atoms with E-state index in [4.69, 9.17) is 10.5 Å². The molecule has 5 nitrogen and oxygen atoms in total. The topological polar surface area (TPSA) is 72.6 Å². The maximum atomic E-state index is 13.0. The molecule has 1 spiro atoms. The highest BCUT2D eigenvalue weighted by Crippen LogP contribution is 2.40. The minimum Gasteiger partial charge on any atom is -0.396 e. The van der Waals surface area contributed by atoms with Gasteiger partial charge in [0.05, 0.1) is 18.8 Å². The van der Waals surface area contributed by atoms with E-state index in [0.29, 0.717) is 18.5 Å². The van der Waals surface area contributed by atoms with Crippen LogP contribution in [-0.4, -0.2) is 48.3 Å². The Labute approximate surface area is 157 Å². The molecule has 1 unspecified atom stereocenters. The summed E-state index contributed by atoms with van der Waals surface area (Å²) in [5.74, 6) is -0.446. The van der Waals surface area contributed by atoms with Crippen LogP contribution in [0, 0.1) is 5.41 Å². The number of nitrogens with two attached hydrogens (primary N) is 1. The van der Waals surface area contributed by atoms with E-state index in [1.54, 1.807) is 49.1 Å². The van der Waals surface area contributed by atoms with Crippen LogP contribution in [-0.2, 0) is 16.0 Å². The van der Waals surface area contributed by atoms with Crippen LogP contribution < -0.4 is 5.73 Å². The van der Waals surface area contributed by atoms with Crippen LogP contribution in [0.3, 0.4) is 0 Å². The van der Waals surface area contributed by atoms with E-state index in [2.05, 4.69) is 0 Å². The summed E-state index contributed by atoms with van der Waals surface area (Å²) < 4.78 is 31.7. The number of carbonyl (C=O) groups is 2. The fraction of sp³-hybridized carbons (Fsp3) is 0.500. The van der Waals surface area contributed by atoms with Crippen molar-refractivity contribution in [2.24, 2.45) is 11.1 Å². The summed E-state index contributed by atoms with van der Waals surface area (Å²) in [7, 11) is 0. The van der Waals surface area contributed by atoms with Crippen molar-refractivity contribution in [1.29, 1.82) is 0 Å². The second-order valence-electron chi connectivity index (χ2n) is 7.88. The first-order chi connectivity index (χ1) is 12.6. The molecular formula is C20H24F2N2O3. The Hall–Kier alpha value is -2.28. The van der Waals surface area contributed by atoms with Crippen molar-refractivity contribution in [3.05, 3.63) is 47.2 Å². The van der Waals surface area contributed by atoms with Gasteiger partial charge >= 0.3 is 0 Å². The van der Waals surface area contributed by atoms with Crippen molar-refractivity contribution >= 4 is 11.7 Å². The first kappa shape index (κ1) is 19.5. The molecule has 3 rings (SSSR count). The second-order valence-corrected chi connectivity index (χ2v) is 7.88. The molecule has 7 heteroatoms. The number of halogens is 2. The molecule has 0 bridgehead atoms. The first-order valence-electron chi connectivity index (χ1n) is 8.96. The zero-order valence-electron chi connectivity index (χ0n) is 15.5. The highest BCUT2D eigenvalue weighted by molar-refractivity contribution is 6.00. The standard InChI is InChI=1S/C20H24F2N2O3/c1-19(2)11-20(10-15(23)17(19)25)12-24(7-8-27-20)18(26)14-6-4-3-5-13(14)9-16(21)22/h3-6,10,16H,7-9,11-12,23H2,1-2H3. The zero-order valence-corrected chi connectivity index (χ0v) is 15.5. The number of amides is 1. The van der Waals surface area contributed by atoms with Gasteiger partial charge in [0.1, 0.15) is 5.60 Å². The molecule has 1 aliphatic heterocycles. The predicted octanol–water partition coefficient (Wildman–Crippen LogP) is 2.55. The van der Waals surface area contributed by atoms with Crippen LogP contribution in [0.1, 0.15) is 36.2 Å². The molecule has 1 aromatic carbocycles. The number of hydrogen-bond acceptors (Lipinski definition) is 4. The lowest BCUT2D eigenvalue weighted by Crippen LogP contribution is -2.57. The third kappa shape index (κ3) is 3.88. The molecule has 0 radical (unpaired) electrons. The monoisotopic (exact) mass is 378 g/mol. The van der Waals surface area contributed by atoms with Gasteiger partial charge in [-0.1, -0.05) is 32.0 Å². The Morgan fingerprint density at radius 1 is 1.33 bits per heavy atom. The second kappa shape index (κ2) is 7.03. The number of nitrogens with zero attached hydrogens (tertiary/aromatic N) is 1. The number of ketones is 1. The summed E-state index contributed by atoms with van der Waals surface area (Å²) in [5, 5.41) is 0. The van der Waals surface area contributed by atoms with Crippen LogP contribution >= 0.6 is 0 Å². The number of hydrogen-bond donors (Lipinski definition) is 1. The summed E-state index contributed by atoms with van der Waals surface area (Å²) >= 11 is 0. The molecule has 0 aromatic heterocycles. The maximum absolute atomic E-state index is 13.0. The largest absolute Gasteiger partial charge is 0.396 e. The van der Waals surface area contributed by atoms with Crippen molar-refractivity contribution < 1.29 is 23.1 Å². The number of allylic oxidation sites excluding steroid dienone is 1. The van der Waals surface area contributed by atoms with Gasteiger partial charge in [0.15, 0.2) is 5.78 Å². The minimum absolute atomic E-state index is 0.137. The Morgan fingerprint density at radius 3 is 2.70 bits per heavy atom. The van der Waals surface area contributed by atoms with E-state index >= 15 is 0 Å². The van der Waals surface area contributed by atoms with Crippen molar-refractivity contribution in [2.45, 2.75) is 38.7 Å². The number of alkyl halides is 2. The third-order valence-corrected chi connectivity index (χ3v) is 5.16. The van der Waals surface area contributed by atoms with Crippen molar-refractivity contribution in [3.63, 3.8) is 0 Å². The average molecular weight is 378 g/mol. The molecule has 1 saturated heterocycles. The van der Waals surface area contributed by atoms with E-state index in [1.165, 1.54) is 0 Å². The van der Waals surface area contributed by atoms with Gasteiger partial charge in [-0.05, 0) is 24.1 Å². The molecule has 1 fully saturated rings. The molecule has 2 N–H and O–H groups in total. The highest BCUT2D eigenvalue weighted by Gasteiger charge is 2.48. The fourth-order valence-electron chi connectivity index (χ4n) is 4.04. The zero-order chi connectivity index (χ0) is 19.8. The third-order valence-electron chi connectivity index (χ3n) is 5.16. The Bertz CT molecular complexity index is 791. The minimum atomic E-state index is -2.53. The number of benzene rings is 1. The molecule has 27 heavy (non-hydrogen) atoms. The van der Waals surface area contributed by atoms with Crippen molar-refractivity contribution in [2.75, 3.05) is 19.7 Å². The van der Waals surface area contributed by atoms with E-state index in [0.717, 1.165) is 0 Å². The van der Waals surface area contributed by atoms with Gasteiger partial charge in [0.25, 0.3) is 5.91 Å². The van der Waals surface area contributed by atoms with E-state index in [1.807, 2.05) is 0 Å². The fourth-order valence-corrected chi connectivity index (χ4v) is 4.04. The molecule has 146 valence electrons. The summed E-state index contributed by atoms with van der Waals surface area (Å²) in [4.78, 5) is 26.9. The molecule has 0 saturated carbocycles. The summed E-state index contributed by atoms with van der Waals surface area (Å²) in [5.41, 5.74) is 5.12. The van der Waals surface area contributed by atoms with Gasteiger partial charge < -0.3 is 15.4 Å². The summed E-state index contributed by atoms with van der Waals surface area (Å²) in [6.07, 6.45) is -0.985. The molecular weight excluding hydrogens is 354 g/mol. The lowest BCUT2D eigenvalue weighted by Gasteiger charge is -2.46. The summed E-state index contributed by atoms with van der Waals surface area (Å²) in [6.45, 7) is 4.48. The lowest BCUT2D eigenvalue weighted by atomic mass is 9.71. The maximum Gasteiger partial charge on any atom is 0.254 e. The highest BCUT2D eigenvalue weighted by atomic mass is 19.3. The molecule has 1 aliphatic carbocycles. The van der Waals surface area contributed by atoms with Gasteiger partial charge in [-0.3, -0.25) is 9.59 Å². The Kier molecular flexibility index (Phi) is 5.08. The van der Waals surface area contributed by atoms with Gasteiger partial charge in [0.2, 0.25) is 6.43 Å². The number of Topliss-reactive ketones (excluding diaryl/α,β-unsaturated/α-hetero) is 1. The van der Waals surface area contributed by atoms with Gasteiger partial charge in [-0.15, -0.1) is 0 Å². The number of carbonyl (C=O) groups excluding carboxylic acids is 2. The number of rotatable bonds is 3. The SMILES string of the molecule is CC1(C)CC2(C=C(N)C1=O)CN(C(=O)c1ccccc1CC(F)F)CCO2. The van der Waals surface area contributed by atoms with Crippen LogP contribution in [0.25, 0.3) is 0 Å². The van der Waals surface area contributed by atoms with E-state index in [-0.39, 0.29) is 36.1 Å². The Morgan fingerprint density at radius 2 is 2.04 bits per heavy atom. The Balaban J connectivity index is 1.87. The lowest BCUT2D eigenvalue weighted by molar-refractivity contribution is -0.135. The first-order valence-corrected chi connectivity index (χ1v) is 8.96. The van der Waals surface area contributed by atoms with Crippen molar-refractivity contribution in [3.8, 4) is 0 Å². The van der Waals surface area contributed by atoms with Gasteiger partial charge in [-0.25, -0.2) is 8.78 Å². The quantitative estimate of drug-likeness (QED) is 0.877. The molecule has 1 aromatic rings.